The SMILES string of the molecule is CC(C)(O)c1cc2nn(C3CCCCC3)cc2cc1NC(=O)c1cccc(C#N)n1.CN1CCC(c2cccc3c2n(C)c(=O)n3C2CCC(=O)NC2=O)CC1. The van der Waals surface area contributed by atoms with E-state index in [1.807, 2.05) is 41.2 Å². The largest absolute Gasteiger partial charge is 0.386 e. The lowest BCUT2D eigenvalue weighted by molar-refractivity contribution is -0.135. The van der Waals surface area contributed by atoms with Crippen LogP contribution in [0.15, 0.2) is 59.5 Å². The number of hydrogen-bond donors (Lipinski definition) is 3. The number of aromatic nitrogens is 5. The number of amides is 3. The molecule has 8 rings (SSSR count). The first-order valence-corrected chi connectivity index (χ1v) is 19.5. The van der Waals surface area contributed by atoms with E-state index in [-0.39, 0.29) is 35.3 Å². The topological polar surface area (TPSA) is 180 Å². The first kappa shape index (κ1) is 38.6. The van der Waals surface area contributed by atoms with Crippen molar-refractivity contribution in [3.8, 4) is 6.07 Å². The van der Waals surface area contributed by atoms with Crippen LogP contribution in [0, 0.1) is 11.3 Å². The number of pyridine rings is 1. The van der Waals surface area contributed by atoms with E-state index in [0.29, 0.717) is 29.6 Å². The number of fused-ring (bicyclic) bond motifs is 2. The molecule has 14 heteroatoms. The number of piperidine rings is 2. The second-order valence-electron chi connectivity index (χ2n) is 15.9. The summed E-state index contributed by atoms with van der Waals surface area (Å²) < 4.78 is 5.25. The Morgan fingerprint density at radius 2 is 1.71 bits per heavy atom. The second kappa shape index (κ2) is 15.8. The van der Waals surface area contributed by atoms with Crippen LogP contribution in [0.4, 0.5) is 5.69 Å². The van der Waals surface area contributed by atoms with Crippen LogP contribution in [0.5, 0.6) is 0 Å². The summed E-state index contributed by atoms with van der Waals surface area (Å²) in [6.45, 7) is 5.44. The van der Waals surface area contributed by atoms with E-state index in [0.717, 1.165) is 60.7 Å². The van der Waals surface area contributed by atoms with Crippen LogP contribution in [0.25, 0.3) is 21.9 Å². The van der Waals surface area contributed by atoms with Crippen LogP contribution in [-0.4, -0.2) is 71.8 Å². The number of anilines is 1. The highest BCUT2D eigenvalue weighted by atomic mass is 16.3. The highest BCUT2D eigenvalue weighted by Gasteiger charge is 2.32. The van der Waals surface area contributed by atoms with Gasteiger partial charge in [-0.2, -0.15) is 10.4 Å². The quantitative estimate of drug-likeness (QED) is 0.191. The van der Waals surface area contributed by atoms with Gasteiger partial charge in [0.1, 0.15) is 23.5 Å². The molecule has 5 aromatic rings. The maximum Gasteiger partial charge on any atom is 0.329 e. The molecule has 0 bridgehead atoms. The van der Waals surface area contributed by atoms with Gasteiger partial charge in [-0.1, -0.05) is 37.5 Å². The number of para-hydroxylation sites is 1. The fourth-order valence-electron chi connectivity index (χ4n) is 8.39. The van der Waals surface area contributed by atoms with Gasteiger partial charge in [-0.05, 0) is 108 Å². The Hall–Kier alpha value is -5.65. The highest BCUT2D eigenvalue weighted by molar-refractivity contribution is 6.04. The van der Waals surface area contributed by atoms with E-state index >= 15 is 0 Å². The van der Waals surface area contributed by atoms with E-state index in [2.05, 4.69) is 33.6 Å². The van der Waals surface area contributed by atoms with Crippen LogP contribution in [-0.2, 0) is 22.2 Å². The number of nitrogens with one attached hydrogen (secondary N) is 2. The van der Waals surface area contributed by atoms with E-state index in [1.165, 1.54) is 24.8 Å². The Bertz CT molecular complexity index is 2400. The number of imide groups is 1. The van der Waals surface area contributed by atoms with Crippen molar-refractivity contribution in [2.75, 3.05) is 25.5 Å². The number of benzene rings is 2. The van der Waals surface area contributed by atoms with Gasteiger partial charge in [-0.15, -0.1) is 0 Å². The van der Waals surface area contributed by atoms with E-state index in [1.54, 1.807) is 48.2 Å². The van der Waals surface area contributed by atoms with Gasteiger partial charge in [0.2, 0.25) is 11.8 Å². The maximum atomic E-state index is 13.0. The van der Waals surface area contributed by atoms with Gasteiger partial charge in [0.15, 0.2) is 0 Å². The summed E-state index contributed by atoms with van der Waals surface area (Å²) in [4.78, 5) is 55.9. The minimum absolute atomic E-state index is 0.147. The molecule has 14 nitrogen and oxygen atoms in total. The number of aryl methyl sites for hydroxylation is 1. The molecule has 3 aromatic heterocycles. The molecule has 56 heavy (non-hydrogen) atoms. The molecule has 5 heterocycles. The Morgan fingerprint density at radius 3 is 2.41 bits per heavy atom. The van der Waals surface area contributed by atoms with Crippen molar-refractivity contribution in [1.29, 1.82) is 5.26 Å². The summed E-state index contributed by atoms with van der Waals surface area (Å²) in [7, 11) is 3.90. The molecule has 1 unspecified atom stereocenters. The molecule has 1 saturated carbocycles. The van der Waals surface area contributed by atoms with Gasteiger partial charge >= 0.3 is 5.69 Å². The number of aliphatic hydroxyl groups is 1. The number of likely N-dealkylation sites (tertiary alicyclic amines) is 1. The predicted octanol–water partition coefficient (Wildman–Crippen LogP) is 5.41. The fourth-order valence-corrected chi connectivity index (χ4v) is 8.39. The van der Waals surface area contributed by atoms with Crippen molar-refractivity contribution in [2.45, 2.75) is 95.2 Å². The number of nitriles is 1. The lowest BCUT2D eigenvalue weighted by Crippen LogP contribution is -2.44. The van der Waals surface area contributed by atoms with E-state index < -0.39 is 17.6 Å². The van der Waals surface area contributed by atoms with Gasteiger partial charge in [-0.3, -0.25) is 33.5 Å². The molecule has 3 aliphatic rings. The van der Waals surface area contributed by atoms with Crippen LogP contribution in [0.1, 0.15) is 117 Å². The van der Waals surface area contributed by atoms with Crippen molar-refractivity contribution >= 4 is 45.3 Å². The van der Waals surface area contributed by atoms with Crippen LogP contribution >= 0.6 is 0 Å². The Balaban J connectivity index is 0.000000173. The van der Waals surface area contributed by atoms with E-state index in [9.17, 15) is 24.3 Å². The fraction of sp³-hybridized carbons (Fsp3) is 0.452. The molecule has 3 fully saturated rings. The lowest BCUT2D eigenvalue weighted by Gasteiger charge is -2.29. The Labute approximate surface area is 325 Å². The van der Waals surface area contributed by atoms with Gasteiger partial charge < -0.3 is 15.3 Å². The number of nitrogens with zero attached hydrogens (tertiary/aromatic N) is 7. The molecule has 2 saturated heterocycles. The average Bonchev–Trinajstić information content (AvgIpc) is 3.72. The van der Waals surface area contributed by atoms with Crippen molar-refractivity contribution in [2.24, 2.45) is 7.05 Å². The molecule has 0 radical (unpaired) electrons. The molecular weight excluding hydrogens is 711 g/mol. The van der Waals surface area contributed by atoms with Gasteiger partial charge in [0, 0.05) is 36.3 Å². The van der Waals surface area contributed by atoms with Crippen molar-refractivity contribution < 1.29 is 19.5 Å². The molecular formula is C42H49N9O5. The first-order chi connectivity index (χ1) is 26.8. The second-order valence-corrected chi connectivity index (χ2v) is 15.9. The molecule has 0 spiro atoms. The molecule has 2 aliphatic heterocycles. The first-order valence-electron chi connectivity index (χ1n) is 19.5. The van der Waals surface area contributed by atoms with Gasteiger partial charge in [-0.25, -0.2) is 9.78 Å². The van der Waals surface area contributed by atoms with E-state index in [4.69, 9.17) is 10.4 Å². The molecule has 2 aromatic carbocycles. The normalized spacial score (nSPS) is 18.7. The third-order valence-electron chi connectivity index (χ3n) is 11.4. The Kier molecular flexibility index (Phi) is 10.9. The van der Waals surface area contributed by atoms with Crippen molar-refractivity contribution in [1.82, 2.24) is 34.1 Å². The molecule has 292 valence electrons. The third kappa shape index (κ3) is 7.87. The summed E-state index contributed by atoms with van der Waals surface area (Å²) in [5, 5.41) is 30.6. The summed E-state index contributed by atoms with van der Waals surface area (Å²) in [5.41, 5.74) is 3.70. The summed E-state index contributed by atoms with van der Waals surface area (Å²) in [6.07, 6.45) is 10.7. The number of hydrogen-bond acceptors (Lipinski definition) is 9. The molecule has 1 aliphatic carbocycles. The number of imidazole rings is 1. The van der Waals surface area contributed by atoms with Gasteiger partial charge in [0.25, 0.3) is 5.91 Å². The minimum atomic E-state index is -1.17. The number of carbonyl (C=O) groups is 3. The Morgan fingerprint density at radius 1 is 0.982 bits per heavy atom. The zero-order chi connectivity index (χ0) is 39.7. The summed E-state index contributed by atoms with van der Waals surface area (Å²) in [5.74, 6) is -0.679. The van der Waals surface area contributed by atoms with Crippen molar-refractivity contribution in [3.63, 3.8) is 0 Å². The number of rotatable bonds is 6. The maximum absolute atomic E-state index is 13.0. The smallest absolute Gasteiger partial charge is 0.329 e. The zero-order valence-electron chi connectivity index (χ0n) is 32.4. The van der Waals surface area contributed by atoms with Crippen LogP contribution in [0.3, 0.4) is 0 Å². The van der Waals surface area contributed by atoms with Crippen LogP contribution in [0.2, 0.25) is 0 Å². The van der Waals surface area contributed by atoms with Gasteiger partial charge in [0.05, 0.1) is 28.2 Å². The standard InChI is InChI=1S/C23H25N5O2.C19H24N4O3/c1-23(2,30)18-12-20-15(14-28(27-20)17-8-4-3-5-9-17)11-21(18)26-22(29)19-10-6-7-16(13-24)25-19;1-21-10-8-12(9-11-21)13-4-3-5-14-17(13)22(2)19(26)23(14)15-6-7-16(24)20-18(15)25/h6-7,10-12,14,17,30H,3-5,8-9H2,1-2H3,(H,26,29);3-5,12,15H,6-11H2,1-2H3,(H,20,24,25). The predicted molar refractivity (Wildman–Crippen MR) is 212 cm³/mol. The van der Waals surface area contributed by atoms with Crippen LogP contribution < -0.4 is 16.3 Å². The summed E-state index contributed by atoms with van der Waals surface area (Å²) >= 11 is 0. The number of carbonyl (C=O) groups excluding carboxylic acids is 3. The van der Waals surface area contributed by atoms with Crippen molar-refractivity contribution in [3.05, 3.63) is 87.7 Å². The molecule has 1 atom stereocenters. The monoisotopic (exact) mass is 759 g/mol. The highest BCUT2D eigenvalue weighted by Crippen LogP contribution is 2.36. The molecule has 3 N–H and O–H groups in total. The summed E-state index contributed by atoms with van der Waals surface area (Å²) in [6, 6.07) is 16.1. The lowest BCUT2D eigenvalue weighted by atomic mass is 9.88. The zero-order valence-corrected chi connectivity index (χ0v) is 32.4. The molecule has 3 amide bonds. The third-order valence-corrected chi connectivity index (χ3v) is 11.4. The minimum Gasteiger partial charge on any atom is -0.386 e. The average molecular weight is 760 g/mol.